The number of hydrogen-bond acceptors (Lipinski definition) is 4. The molecule has 92 valence electrons. The predicted molar refractivity (Wildman–Crippen MR) is 64.2 cm³/mol. The lowest BCUT2D eigenvalue weighted by molar-refractivity contribution is 0.0436. The molecule has 4 nitrogen and oxygen atoms in total. The Morgan fingerprint density at radius 2 is 2.31 bits per heavy atom. The summed E-state index contributed by atoms with van der Waals surface area (Å²) in [6, 6.07) is 2.00. The number of likely N-dealkylation sites (N-methyl/N-ethyl adjacent to an activating group) is 1. The van der Waals surface area contributed by atoms with E-state index in [-0.39, 0.29) is 6.10 Å². The maximum Gasteiger partial charge on any atom is 0.105 e. The molecule has 0 aliphatic heterocycles. The number of nitrogens with zero attached hydrogens (tertiary/aromatic N) is 1. The second-order valence-electron chi connectivity index (χ2n) is 4.01. The summed E-state index contributed by atoms with van der Waals surface area (Å²) >= 11 is 0. The minimum Gasteiger partial charge on any atom is -0.469 e. The molecule has 16 heavy (non-hydrogen) atoms. The van der Waals surface area contributed by atoms with Gasteiger partial charge in [0.25, 0.3) is 0 Å². The average molecular weight is 226 g/mol. The third-order valence-corrected chi connectivity index (χ3v) is 2.59. The fourth-order valence-corrected chi connectivity index (χ4v) is 1.71. The third kappa shape index (κ3) is 3.96. The first-order valence-electron chi connectivity index (χ1n) is 5.70. The van der Waals surface area contributed by atoms with E-state index >= 15 is 0 Å². The lowest BCUT2D eigenvalue weighted by Gasteiger charge is -2.22. The number of ether oxygens (including phenoxy) is 1. The van der Waals surface area contributed by atoms with Crippen molar-refractivity contribution in [1.82, 2.24) is 4.90 Å². The monoisotopic (exact) mass is 226 g/mol. The van der Waals surface area contributed by atoms with Crippen LogP contribution in [-0.2, 0) is 11.3 Å². The van der Waals surface area contributed by atoms with Crippen molar-refractivity contribution in [1.29, 1.82) is 0 Å². The molecular weight excluding hydrogens is 204 g/mol. The van der Waals surface area contributed by atoms with Gasteiger partial charge in [-0.25, -0.2) is 0 Å². The van der Waals surface area contributed by atoms with Crippen molar-refractivity contribution in [3.05, 3.63) is 23.7 Å². The van der Waals surface area contributed by atoms with Crippen LogP contribution in [0, 0.1) is 6.92 Å². The molecular formula is C12H22N2O2. The van der Waals surface area contributed by atoms with E-state index in [0.717, 1.165) is 18.8 Å². The molecule has 0 fully saturated rings. The highest BCUT2D eigenvalue weighted by Crippen LogP contribution is 2.11. The minimum atomic E-state index is 0.113. The van der Waals surface area contributed by atoms with Gasteiger partial charge in [0.2, 0.25) is 0 Å². The Morgan fingerprint density at radius 3 is 2.81 bits per heavy atom. The van der Waals surface area contributed by atoms with Crippen molar-refractivity contribution >= 4 is 0 Å². The SMILES string of the molecule is CCOC(CN)CN(C)Cc1ccoc1C. The molecule has 0 bridgehead atoms. The number of aryl methyl sites for hydroxylation is 1. The Labute approximate surface area is 97.4 Å². The minimum absolute atomic E-state index is 0.113. The maximum atomic E-state index is 5.64. The molecule has 1 rings (SSSR count). The molecule has 1 aromatic heterocycles. The zero-order chi connectivity index (χ0) is 12.0. The summed E-state index contributed by atoms with van der Waals surface area (Å²) in [6.07, 6.45) is 1.84. The molecule has 1 heterocycles. The van der Waals surface area contributed by atoms with Crippen LogP contribution in [0.2, 0.25) is 0 Å². The first-order chi connectivity index (χ1) is 7.67. The van der Waals surface area contributed by atoms with Crippen LogP contribution in [0.25, 0.3) is 0 Å². The normalized spacial score (nSPS) is 13.3. The van der Waals surface area contributed by atoms with Gasteiger partial charge in [-0.1, -0.05) is 0 Å². The first-order valence-corrected chi connectivity index (χ1v) is 5.70. The van der Waals surface area contributed by atoms with Gasteiger partial charge >= 0.3 is 0 Å². The summed E-state index contributed by atoms with van der Waals surface area (Å²) in [5, 5.41) is 0. The van der Waals surface area contributed by atoms with Crippen LogP contribution >= 0.6 is 0 Å². The van der Waals surface area contributed by atoms with E-state index < -0.39 is 0 Å². The molecule has 1 aromatic rings. The summed E-state index contributed by atoms with van der Waals surface area (Å²) in [5.74, 6) is 0.979. The standard InChI is InChI=1S/C12H22N2O2/c1-4-15-12(7-13)9-14(3)8-11-5-6-16-10(11)2/h5-6,12H,4,7-9,13H2,1-3H3. The molecule has 1 unspecified atom stereocenters. The quantitative estimate of drug-likeness (QED) is 0.763. The molecule has 2 N–H and O–H groups in total. The fourth-order valence-electron chi connectivity index (χ4n) is 1.71. The van der Waals surface area contributed by atoms with Crippen molar-refractivity contribution in [2.24, 2.45) is 5.73 Å². The zero-order valence-corrected chi connectivity index (χ0v) is 10.4. The third-order valence-electron chi connectivity index (χ3n) is 2.59. The molecule has 0 radical (unpaired) electrons. The summed E-state index contributed by atoms with van der Waals surface area (Å²) in [7, 11) is 2.06. The highest BCUT2D eigenvalue weighted by atomic mass is 16.5. The van der Waals surface area contributed by atoms with Crippen LogP contribution in [0.4, 0.5) is 0 Å². The molecule has 0 amide bonds. The van der Waals surface area contributed by atoms with Crippen LogP contribution in [0.5, 0.6) is 0 Å². The first kappa shape index (κ1) is 13.2. The second kappa shape index (κ2) is 6.68. The van der Waals surface area contributed by atoms with Crippen LogP contribution in [0.3, 0.4) is 0 Å². The van der Waals surface area contributed by atoms with Crippen LogP contribution in [0.15, 0.2) is 16.7 Å². The molecule has 0 saturated carbocycles. The molecule has 0 spiro atoms. The fraction of sp³-hybridized carbons (Fsp3) is 0.667. The molecule has 0 aromatic carbocycles. The largest absolute Gasteiger partial charge is 0.469 e. The van der Waals surface area contributed by atoms with E-state index in [1.165, 1.54) is 5.56 Å². The van der Waals surface area contributed by atoms with Gasteiger partial charge in [0, 0.05) is 31.8 Å². The van der Waals surface area contributed by atoms with Gasteiger partial charge in [-0.2, -0.15) is 0 Å². The van der Waals surface area contributed by atoms with Gasteiger partial charge in [-0.15, -0.1) is 0 Å². The van der Waals surface area contributed by atoms with E-state index in [9.17, 15) is 0 Å². The second-order valence-corrected chi connectivity index (χ2v) is 4.01. The smallest absolute Gasteiger partial charge is 0.105 e. The lowest BCUT2D eigenvalue weighted by atomic mass is 10.2. The van der Waals surface area contributed by atoms with Crippen molar-refractivity contribution in [2.45, 2.75) is 26.5 Å². The van der Waals surface area contributed by atoms with Gasteiger partial charge in [0.05, 0.1) is 12.4 Å². The Bertz CT molecular complexity index is 299. The Kier molecular flexibility index (Phi) is 5.52. The molecule has 1 atom stereocenters. The Hall–Kier alpha value is -0.840. The van der Waals surface area contributed by atoms with E-state index in [4.69, 9.17) is 14.9 Å². The summed E-state index contributed by atoms with van der Waals surface area (Å²) in [4.78, 5) is 2.20. The van der Waals surface area contributed by atoms with Crippen molar-refractivity contribution in [2.75, 3.05) is 26.7 Å². The predicted octanol–water partition coefficient (Wildman–Crippen LogP) is 1.38. The summed E-state index contributed by atoms with van der Waals surface area (Å²) in [5.41, 5.74) is 6.86. The number of hydrogen-bond donors (Lipinski definition) is 1. The maximum absolute atomic E-state index is 5.64. The Balaban J connectivity index is 2.40. The van der Waals surface area contributed by atoms with Gasteiger partial charge < -0.3 is 14.9 Å². The highest BCUT2D eigenvalue weighted by Gasteiger charge is 2.11. The molecule has 0 aliphatic carbocycles. The van der Waals surface area contributed by atoms with E-state index in [1.54, 1.807) is 6.26 Å². The van der Waals surface area contributed by atoms with E-state index in [2.05, 4.69) is 11.9 Å². The van der Waals surface area contributed by atoms with Crippen molar-refractivity contribution in [3.63, 3.8) is 0 Å². The van der Waals surface area contributed by atoms with Crippen LogP contribution in [-0.4, -0.2) is 37.7 Å². The summed E-state index contributed by atoms with van der Waals surface area (Å²) < 4.78 is 10.8. The lowest BCUT2D eigenvalue weighted by Crippen LogP contribution is -2.36. The topological polar surface area (TPSA) is 51.6 Å². The van der Waals surface area contributed by atoms with Gasteiger partial charge in [0.15, 0.2) is 0 Å². The molecule has 0 saturated heterocycles. The summed E-state index contributed by atoms with van der Waals surface area (Å²) in [6.45, 7) is 6.94. The van der Waals surface area contributed by atoms with Gasteiger partial charge in [0.1, 0.15) is 5.76 Å². The number of nitrogens with two attached hydrogens (primary N) is 1. The molecule has 0 aliphatic rings. The number of furan rings is 1. The zero-order valence-electron chi connectivity index (χ0n) is 10.4. The number of rotatable bonds is 7. The van der Waals surface area contributed by atoms with E-state index in [0.29, 0.717) is 13.2 Å². The van der Waals surface area contributed by atoms with Gasteiger partial charge in [-0.3, -0.25) is 4.90 Å². The van der Waals surface area contributed by atoms with Crippen molar-refractivity contribution < 1.29 is 9.15 Å². The average Bonchev–Trinajstić information content (AvgIpc) is 2.64. The van der Waals surface area contributed by atoms with Gasteiger partial charge in [-0.05, 0) is 27.0 Å². The Morgan fingerprint density at radius 1 is 1.56 bits per heavy atom. The highest BCUT2D eigenvalue weighted by molar-refractivity contribution is 5.14. The van der Waals surface area contributed by atoms with Crippen molar-refractivity contribution in [3.8, 4) is 0 Å². The van der Waals surface area contributed by atoms with Crippen LogP contribution < -0.4 is 5.73 Å². The van der Waals surface area contributed by atoms with Crippen LogP contribution in [0.1, 0.15) is 18.2 Å². The molecule has 4 heteroatoms. The van der Waals surface area contributed by atoms with E-state index in [1.807, 2.05) is 19.9 Å².